The summed E-state index contributed by atoms with van der Waals surface area (Å²) in [5, 5.41) is 17.3. The van der Waals surface area contributed by atoms with Gasteiger partial charge in [-0.2, -0.15) is 0 Å². The van der Waals surface area contributed by atoms with Crippen LogP contribution in [0.15, 0.2) is 24.2 Å². The molecule has 0 heterocycles. The van der Waals surface area contributed by atoms with Gasteiger partial charge in [-0.15, -0.1) is 0 Å². The Hall–Kier alpha value is -0.920. The van der Waals surface area contributed by atoms with Crippen molar-refractivity contribution in [3.63, 3.8) is 0 Å². The summed E-state index contributed by atoms with van der Waals surface area (Å²) in [6.45, 7) is 5.14. The molecule has 0 rings (SSSR count). The second kappa shape index (κ2) is 4.01. The SMILES string of the molecule is C=C(O)C(O)=CCCC. The molecular formula is C7H12O2. The lowest BCUT2D eigenvalue weighted by Gasteiger charge is -1.93. The first-order valence-electron chi connectivity index (χ1n) is 2.95. The molecule has 0 aliphatic heterocycles. The van der Waals surface area contributed by atoms with Gasteiger partial charge in [0.05, 0.1) is 0 Å². The summed E-state index contributed by atoms with van der Waals surface area (Å²) < 4.78 is 0. The highest BCUT2D eigenvalue weighted by molar-refractivity contribution is 5.12. The summed E-state index contributed by atoms with van der Waals surface area (Å²) in [6.07, 6.45) is 3.27. The minimum absolute atomic E-state index is 0.114. The van der Waals surface area contributed by atoms with Gasteiger partial charge in [0.2, 0.25) is 0 Å². The Bertz CT molecular complexity index is 125. The smallest absolute Gasteiger partial charge is 0.152 e. The van der Waals surface area contributed by atoms with Crippen molar-refractivity contribution in [2.24, 2.45) is 0 Å². The predicted molar refractivity (Wildman–Crippen MR) is 37.4 cm³/mol. The van der Waals surface area contributed by atoms with Gasteiger partial charge >= 0.3 is 0 Å². The summed E-state index contributed by atoms with van der Waals surface area (Å²) in [6, 6.07) is 0. The average molecular weight is 128 g/mol. The zero-order valence-electron chi connectivity index (χ0n) is 5.59. The first kappa shape index (κ1) is 8.08. The maximum atomic E-state index is 8.77. The zero-order valence-corrected chi connectivity index (χ0v) is 5.59. The quantitative estimate of drug-likeness (QED) is 0.452. The molecule has 2 nitrogen and oxygen atoms in total. The standard InChI is InChI=1S/C7H12O2/c1-3-4-5-7(9)6(2)8/h5,8-9H,2-4H2,1H3. The second-order valence-corrected chi connectivity index (χ2v) is 1.82. The second-order valence-electron chi connectivity index (χ2n) is 1.82. The monoisotopic (exact) mass is 128 g/mol. The molecule has 0 aromatic rings. The molecule has 0 aliphatic carbocycles. The van der Waals surface area contributed by atoms with Gasteiger partial charge in [0.25, 0.3) is 0 Å². The fraction of sp³-hybridized carbons (Fsp3) is 0.429. The van der Waals surface area contributed by atoms with Gasteiger partial charge in [0, 0.05) is 0 Å². The molecule has 0 saturated heterocycles. The van der Waals surface area contributed by atoms with Crippen molar-refractivity contribution >= 4 is 0 Å². The van der Waals surface area contributed by atoms with Crippen molar-refractivity contribution in [1.29, 1.82) is 0 Å². The number of aliphatic hydroxyl groups excluding tert-OH is 2. The first-order chi connectivity index (χ1) is 4.18. The number of rotatable bonds is 3. The van der Waals surface area contributed by atoms with Crippen LogP contribution >= 0.6 is 0 Å². The summed E-state index contributed by atoms with van der Waals surface area (Å²) >= 11 is 0. The van der Waals surface area contributed by atoms with Gasteiger partial charge < -0.3 is 10.2 Å². The molecule has 0 bridgehead atoms. The Morgan fingerprint density at radius 1 is 1.56 bits per heavy atom. The molecule has 2 N–H and O–H groups in total. The summed E-state index contributed by atoms with van der Waals surface area (Å²) in [4.78, 5) is 0. The molecule has 2 heteroatoms. The van der Waals surface area contributed by atoms with Crippen LogP contribution in [0.2, 0.25) is 0 Å². The van der Waals surface area contributed by atoms with Crippen LogP contribution in [0.5, 0.6) is 0 Å². The third kappa shape index (κ3) is 3.64. The molecule has 0 saturated carbocycles. The molecule has 0 aromatic carbocycles. The third-order valence-electron chi connectivity index (χ3n) is 0.922. The number of unbranched alkanes of at least 4 members (excludes halogenated alkanes) is 1. The highest BCUT2D eigenvalue weighted by Gasteiger charge is 1.92. The van der Waals surface area contributed by atoms with Crippen molar-refractivity contribution in [3.05, 3.63) is 24.2 Å². The minimum Gasteiger partial charge on any atom is -0.505 e. The molecule has 0 unspecified atom stereocenters. The highest BCUT2D eigenvalue weighted by atomic mass is 16.3. The topological polar surface area (TPSA) is 40.5 Å². The van der Waals surface area contributed by atoms with Gasteiger partial charge in [-0.05, 0) is 12.5 Å². The first-order valence-corrected chi connectivity index (χ1v) is 2.95. The van der Waals surface area contributed by atoms with Crippen LogP contribution in [-0.4, -0.2) is 10.2 Å². The van der Waals surface area contributed by atoms with E-state index in [-0.39, 0.29) is 11.5 Å². The molecule has 0 atom stereocenters. The Morgan fingerprint density at radius 2 is 2.11 bits per heavy atom. The van der Waals surface area contributed by atoms with E-state index in [2.05, 4.69) is 6.58 Å². The van der Waals surface area contributed by atoms with Crippen molar-refractivity contribution in [2.75, 3.05) is 0 Å². The van der Waals surface area contributed by atoms with Gasteiger partial charge in [-0.3, -0.25) is 0 Å². The van der Waals surface area contributed by atoms with Crippen LogP contribution in [0, 0.1) is 0 Å². The van der Waals surface area contributed by atoms with Gasteiger partial charge in [0.15, 0.2) is 5.76 Å². The predicted octanol–water partition coefficient (Wildman–Crippen LogP) is 2.30. The van der Waals surface area contributed by atoms with Crippen molar-refractivity contribution in [1.82, 2.24) is 0 Å². The molecule has 9 heavy (non-hydrogen) atoms. The Labute approximate surface area is 55.1 Å². The van der Waals surface area contributed by atoms with Crippen molar-refractivity contribution in [2.45, 2.75) is 19.8 Å². The van der Waals surface area contributed by atoms with Crippen molar-refractivity contribution < 1.29 is 10.2 Å². The number of hydrogen-bond donors (Lipinski definition) is 2. The highest BCUT2D eigenvalue weighted by Crippen LogP contribution is 2.01. The molecule has 0 spiro atoms. The number of allylic oxidation sites excluding steroid dienone is 1. The van der Waals surface area contributed by atoms with Crippen LogP contribution in [0.1, 0.15) is 19.8 Å². The molecule has 0 amide bonds. The van der Waals surface area contributed by atoms with E-state index in [9.17, 15) is 0 Å². The molecule has 0 fully saturated rings. The molecule has 52 valence electrons. The zero-order chi connectivity index (χ0) is 7.28. The largest absolute Gasteiger partial charge is 0.505 e. The number of hydrogen-bond acceptors (Lipinski definition) is 2. The van der Waals surface area contributed by atoms with E-state index in [0.717, 1.165) is 12.8 Å². The normalized spacial score (nSPS) is 11.4. The lowest BCUT2D eigenvalue weighted by atomic mass is 10.3. The van der Waals surface area contributed by atoms with E-state index in [1.165, 1.54) is 0 Å². The maximum Gasteiger partial charge on any atom is 0.152 e. The fourth-order valence-corrected chi connectivity index (χ4v) is 0.399. The van der Waals surface area contributed by atoms with E-state index < -0.39 is 0 Å². The fourth-order valence-electron chi connectivity index (χ4n) is 0.399. The number of aliphatic hydroxyl groups is 2. The Kier molecular flexibility index (Phi) is 3.60. The van der Waals surface area contributed by atoms with Crippen LogP contribution in [0.4, 0.5) is 0 Å². The maximum absolute atomic E-state index is 8.77. The van der Waals surface area contributed by atoms with E-state index in [1.54, 1.807) is 6.08 Å². The third-order valence-corrected chi connectivity index (χ3v) is 0.922. The summed E-state index contributed by atoms with van der Waals surface area (Å²) in [5.74, 6) is -0.375. The van der Waals surface area contributed by atoms with E-state index in [1.807, 2.05) is 6.92 Å². The molecule has 0 aliphatic rings. The Morgan fingerprint density at radius 3 is 2.44 bits per heavy atom. The minimum atomic E-state index is -0.261. The summed E-state index contributed by atoms with van der Waals surface area (Å²) in [7, 11) is 0. The lowest BCUT2D eigenvalue weighted by molar-refractivity contribution is 0.326. The molecule has 0 aromatic heterocycles. The van der Waals surface area contributed by atoms with Crippen LogP contribution in [0.3, 0.4) is 0 Å². The summed E-state index contributed by atoms with van der Waals surface area (Å²) in [5.41, 5.74) is 0. The van der Waals surface area contributed by atoms with E-state index in [4.69, 9.17) is 10.2 Å². The van der Waals surface area contributed by atoms with Gasteiger partial charge in [-0.25, -0.2) is 0 Å². The van der Waals surface area contributed by atoms with Gasteiger partial charge in [-0.1, -0.05) is 19.9 Å². The van der Waals surface area contributed by atoms with Crippen LogP contribution < -0.4 is 0 Å². The van der Waals surface area contributed by atoms with Crippen molar-refractivity contribution in [3.8, 4) is 0 Å². The van der Waals surface area contributed by atoms with Gasteiger partial charge in [0.1, 0.15) is 5.76 Å². The molecular weight excluding hydrogens is 116 g/mol. The van der Waals surface area contributed by atoms with E-state index >= 15 is 0 Å². The lowest BCUT2D eigenvalue weighted by Crippen LogP contribution is -1.83. The van der Waals surface area contributed by atoms with E-state index in [0.29, 0.717) is 0 Å². The van der Waals surface area contributed by atoms with Crippen LogP contribution in [-0.2, 0) is 0 Å². The molecule has 0 radical (unpaired) electrons. The van der Waals surface area contributed by atoms with Crippen LogP contribution in [0.25, 0.3) is 0 Å². The Balaban J connectivity index is 3.69. The average Bonchev–Trinajstić information content (AvgIpc) is 1.82.